The van der Waals surface area contributed by atoms with E-state index in [1.807, 2.05) is 127 Å². The number of ether oxygens (including phenoxy) is 4. The lowest BCUT2D eigenvalue weighted by Crippen LogP contribution is -2.32. The molecular formula is C77H89Cl2F5N18O5. The maximum atomic E-state index is 13.2. The summed E-state index contributed by atoms with van der Waals surface area (Å²) in [4.78, 5) is 34.2. The van der Waals surface area contributed by atoms with Gasteiger partial charge in [-0.05, 0) is 125 Å². The van der Waals surface area contributed by atoms with Gasteiger partial charge in [-0.1, -0.05) is 38.1 Å². The molecule has 23 nitrogen and oxygen atoms in total. The van der Waals surface area contributed by atoms with Crippen molar-refractivity contribution in [3.63, 3.8) is 0 Å². The number of aliphatic hydroxyl groups excluding tert-OH is 1. The van der Waals surface area contributed by atoms with Gasteiger partial charge in [-0.2, -0.15) is 28.5 Å². The van der Waals surface area contributed by atoms with E-state index in [1.165, 1.54) is 0 Å². The molecular weight excluding hydrogens is 1420 g/mol. The lowest BCUT2D eigenvalue weighted by molar-refractivity contribution is -0.124. The van der Waals surface area contributed by atoms with Crippen LogP contribution in [-0.4, -0.2) is 170 Å². The molecule has 0 aliphatic carbocycles. The molecule has 6 aromatic heterocycles. The minimum Gasteiger partial charge on any atom is -0.497 e. The van der Waals surface area contributed by atoms with Crippen molar-refractivity contribution in [2.24, 2.45) is 14.1 Å². The minimum atomic E-state index is -4.25. The van der Waals surface area contributed by atoms with Crippen molar-refractivity contribution in [2.75, 3.05) is 109 Å². The fourth-order valence-electron chi connectivity index (χ4n) is 11.9. The Bertz CT molecular complexity index is 4820. The highest BCUT2D eigenvalue weighted by atomic mass is 35.5. The lowest BCUT2D eigenvalue weighted by Gasteiger charge is -2.26. The Morgan fingerprint density at radius 3 is 1.24 bits per heavy atom. The van der Waals surface area contributed by atoms with Crippen molar-refractivity contribution in [1.29, 1.82) is 0 Å². The molecule has 12 aromatic rings. The van der Waals surface area contributed by atoms with E-state index in [0.29, 0.717) is 94.8 Å². The molecule has 30 heteroatoms. The average molecular weight is 1510 g/mol. The largest absolute Gasteiger partial charge is 0.497 e. The van der Waals surface area contributed by atoms with Crippen molar-refractivity contribution in [2.45, 2.75) is 65.6 Å². The van der Waals surface area contributed by atoms with Gasteiger partial charge in [0.05, 0.1) is 142 Å². The first-order valence-corrected chi connectivity index (χ1v) is 34.6. The van der Waals surface area contributed by atoms with E-state index in [2.05, 4.69) is 62.0 Å². The zero-order valence-electron chi connectivity index (χ0n) is 59.0. The molecule has 107 heavy (non-hydrogen) atoms. The molecule has 1 aliphatic heterocycles. The number of methoxy groups -OCH3 is 4. The normalized spacial score (nSPS) is 12.3. The summed E-state index contributed by atoms with van der Waals surface area (Å²) in [7, 11) is 10.1. The van der Waals surface area contributed by atoms with E-state index in [0.717, 1.165) is 117 Å². The van der Waals surface area contributed by atoms with Crippen molar-refractivity contribution >= 4 is 90.4 Å². The van der Waals surface area contributed by atoms with Gasteiger partial charge in [0.15, 0.2) is 0 Å². The van der Waals surface area contributed by atoms with Crippen LogP contribution in [0.2, 0.25) is 10.0 Å². The molecule has 0 bridgehead atoms. The Balaban J connectivity index is 0.000000184. The standard InChI is InChI=1S/C26H30F2N6O2.C26H30N6O3.C23H21Cl2F3N6.2CH4/c1-26(27,28)17-29-8-5-9-34(20-10-21(35-3)13-22(11-20)36-4)19-6-7-23-24(12-19)32-25(15-30-23)18-14-31-33(2)16-18;1-34-22-11-21(12-23(14-22)35-2)31(9-10-33)20-3-4-24-25(13-20)30-26(16-28-24)18-15-29-32(17-18)19-5-7-27-8-6-19;1-33-13-15(11-31-33)22-12-30-20-4-3-18(10-21(20)32-22)34(6-2-5-29-14-23(26,27)28)19-8-16(24)7-17(25)9-19;;/h6-7,10-16,29H,5,8-9,17H2,1-4H3;3-4,11-17,19,27,33H,5-10H2,1-2H3;3-4,7-13,29H,2,5-6,14H2,1H3;2*1H4. The monoisotopic (exact) mass is 1510 g/mol. The number of halogens is 7. The second-order valence-electron chi connectivity index (χ2n) is 25.0. The Kier molecular flexibility index (Phi) is 28.1. The number of benzene rings is 6. The fraction of sp³-hybridized carbons (Fsp3) is 0.338. The Hall–Kier alpha value is -10.4. The van der Waals surface area contributed by atoms with E-state index in [4.69, 9.17) is 57.1 Å². The van der Waals surface area contributed by atoms with Crippen LogP contribution in [0, 0.1) is 0 Å². The quantitative estimate of drug-likeness (QED) is 0.0277. The lowest BCUT2D eigenvalue weighted by atomic mass is 10.1. The van der Waals surface area contributed by atoms with E-state index < -0.39 is 18.6 Å². The van der Waals surface area contributed by atoms with Gasteiger partial charge in [-0.3, -0.25) is 29.0 Å². The summed E-state index contributed by atoms with van der Waals surface area (Å²) < 4.78 is 91.0. The SMILES string of the molecule is C.C.COc1cc(OC)cc(N(CCCNCC(C)(F)F)c2ccc3ncc(-c4cnn(C)c4)nc3c2)c1.COc1cc(OC)cc(N(CCO)c2ccc3ncc(-c4cnn(C5CCNCC5)c4)nc3c2)c1.Cn1cc(-c2cnc3ccc(N(CCCNCC(F)(F)F)c4cc(Cl)cc(Cl)c4)cc3n2)cn1. The van der Waals surface area contributed by atoms with Gasteiger partial charge < -0.3 is 54.7 Å². The van der Waals surface area contributed by atoms with Gasteiger partial charge in [-0.25, -0.2) is 23.7 Å². The third-order valence-electron chi connectivity index (χ3n) is 17.1. The number of aliphatic hydroxyl groups is 1. The zero-order valence-corrected chi connectivity index (χ0v) is 60.5. The number of anilines is 6. The van der Waals surface area contributed by atoms with Gasteiger partial charge in [0.25, 0.3) is 5.92 Å². The van der Waals surface area contributed by atoms with Crippen LogP contribution in [0.4, 0.5) is 56.1 Å². The summed E-state index contributed by atoms with van der Waals surface area (Å²) in [6, 6.07) is 34.3. The number of aryl methyl sites for hydroxylation is 2. The molecule has 0 amide bonds. The number of piperidine rings is 1. The van der Waals surface area contributed by atoms with Crippen molar-refractivity contribution in [3.05, 3.63) is 175 Å². The molecule has 0 spiro atoms. The van der Waals surface area contributed by atoms with Gasteiger partial charge >= 0.3 is 6.18 Å². The highest BCUT2D eigenvalue weighted by molar-refractivity contribution is 6.35. The summed E-state index contributed by atoms with van der Waals surface area (Å²) in [5, 5.41) is 32.4. The number of rotatable bonds is 27. The number of alkyl halides is 5. The number of nitrogens with zero attached hydrogens (tertiary/aromatic N) is 15. The molecule has 566 valence electrons. The van der Waals surface area contributed by atoms with Crippen LogP contribution < -0.4 is 49.6 Å². The van der Waals surface area contributed by atoms with Crippen LogP contribution in [0.1, 0.15) is 53.5 Å². The van der Waals surface area contributed by atoms with Crippen LogP contribution in [0.25, 0.3) is 66.9 Å². The predicted octanol–water partition coefficient (Wildman–Crippen LogP) is 15.7. The average Bonchev–Trinajstić information content (AvgIpc) is 1.63. The highest BCUT2D eigenvalue weighted by Crippen LogP contribution is 2.38. The van der Waals surface area contributed by atoms with Crippen LogP contribution in [-0.2, 0) is 14.1 Å². The summed E-state index contributed by atoms with van der Waals surface area (Å²) in [6.45, 7) is 3.58. The Morgan fingerprint density at radius 2 is 0.869 bits per heavy atom. The van der Waals surface area contributed by atoms with Gasteiger partial charge in [0.2, 0.25) is 0 Å². The van der Waals surface area contributed by atoms with Crippen molar-refractivity contribution in [1.82, 2.24) is 75.2 Å². The number of hydrogen-bond donors (Lipinski definition) is 4. The molecule has 0 saturated carbocycles. The molecule has 7 heterocycles. The Labute approximate surface area is 628 Å². The van der Waals surface area contributed by atoms with E-state index in [1.54, 1.807) is 93.1 Å². The number of fused-ring (bicyclic) bond motifs is 3. The molecule has 0 radical (unpaired) electrons. The van der Waals surface area contributed by atoms with Gasteiger partial charge in [-0.15, -0.1) is 0 Å². The predicted molar refractivity (Wildman–Crippen MR) is 414 cm³/mol. The van der Waals surface area contributed by atoms with Crippen molar-refractivity contribution in [3.8, 4) is 56.8 Å². The second kappa shape index (κ2) is 37.3. The highest BCUT2D eigenvalue weighted by Gasteiger charge is 2.27. The number of hydrogen-bond acceptors (Lipinski definition) is 20. The zero-order chi connectivity index (χ0) is 74.2. The summed E-state index contributed by atoms with van der Waals surface area (Å²) >= 11 is 12.4. The molecule has 1 saturated heterocycles. The van der Waals surface area contributed by atoms with Gasteiger partial charge in [0.1, 0.15) is 23.0 Å². The molecule has 1 fully saturated rings. The third kappa shape index (κ3) is 21.9. The smallest absolute Gasteiger partial charge is 0.401 e. The van der Waals surface area contributed by atoms with Crippen LogP contribution in [0.5, 0.6) is 23.0 Å². The molecule has 6 aromatic carbocycles. The van der Waals surface area contributed by atoms with Crippen LogP contribution >= 0.6 is 23.2 Å². The maximum Gasteiger partial charge on any atom is 0.401 e. The molecule has 0 atom stereocenters. The Morgan fingerprint density at radius 1 is 0.486 bits per heavy atom. The van der Waals surface area contributed by atoms with E-state index >= 15 is 0 Å². The third-order valence-corrected chi connectivity index (χ3v) is 17.5. The summed E-state index contributed by atoms with van der Waals surface area (Å²) in [5.41, 5.74) is 14.3. The van der Waals surface area contributed by atoms with E-state index in [9.17, 15) is 27.1 Å². The molecule has 1 aliphatic rings. The van der Waals surface area contributed by atoms with Gasteiger partial charge in [0, 0.05) is 157 Å². The number of aromatic nitrogens is 12. The first kappa shape index (κ1) is 80.7. The summed E-state index contributed by atoms with van der Waals surface area (Å²) in [6.07, 6.45) is 15.4. The maximum absolute atomic E-state index is 13.2. The first-order valence-electron chi connectivity index (χ1n) is 33.9. The van der Waals surface area contributed by atoms with E-state index in [-0.39, 0.29) is 34.5 Å². The molecule has 13 rings (SSSR count). The van der Waals surface area contributed by atoms with Crippen LogP contribution in [0.15, 0.2) is 165 Å². The summed E-state index contributed by atoms with van der Waals surface area (Å²) in [5.74, 6) is -0.0926. The molecule has 4 N–H and O–H groups in total. The minimum absolute atomic E-state index is 0. The van der Waals surface area contributed by atoms with Crippen molar-refractivity contribution < 1.29 is 46.0 Å². The fourth-order valence-corrected chi connectivity index (χ4v) is 12.5. The number of nitrogens with one attached hydrogen (secondary N) is 3. The van der Waals surface area contributed by atoms with Crippen LogP contribution in [0.3, 0.4) is 0 Å². The first-order chi connectivity index (χ1) is 50.6. The topological polar surface area (TPSA) is 234 Å². The molecule has 0 unspecified atom stereocenters. The second-order valence-corrected chi connectivity index (χ2v) is 25.8.